The molecule has 4 heterocycles. The van der Waals surface area contributed by atoms with E-state index in [4.69, 9.17) is 4.74 Å². The molecule has 0 aromatic carbocycles. The van der Waals surface area contributed by atoms with Gasteiger partial charge >= 0.3 is 0 Å². The molecule has 8 nitrogen and oxygen atoms in total. The minimum absolute atomic E-state index is 0.0234. The van der Waals surface area contributed by atoms with Crippen molar-refractivity contribution in [2.75, 3.05) is 37.7 Å². The summed E-state index contributed by atoms with van der Waals surface area (Å²) in [7, 11) is 0. The minimum Gasteiger partial charge on any atom is -0.378 e. The molecule has 1 N–H and O–H groups in total. The Hall–Kier alpha value is -2.52. The summed E-state index contributed by atoms with van der Waals surface area (Å²) >= 11 is 1.73. The van der Waals surface area contributed by atoms with Crippen LogP contribution in [0.5, 0.6) is 0 Å². The third kappa shape index (κ3) is 4.31. The first-order chi connectivity index (χ1) is 13.7. The third-order valence-electron chi connectivity index (χ3n) is 4.87. The second kappa shape index (κ2) is 8.66. The molecule has 0 saturated carbocycles. The number of nitrogens with one attached hydrogen (secondary N) is 1. The van der Waals surface area contributed by atoms with Gasteiger partial charge in [0.25, 0.3) is 0 Å². The zero-order chi connectivity index (χ0) is 19.3. The van der Waals surface area contributed by atoms with Crippen molar-refractivity contribution in [3.63, 3.8) is 0 Å². The first-order valence-electron chi connectivity index (χ1n) is 9.54. The highest BCUT2D eigenvalue weighted by atomic mass is 32.1. The number of ether oxygens (including phenoxy) is 1. The minimum atomic E-state index is 0.0234. The molecule has 0 radical (unpaired) electrons. The quantitative estimate of drug-likeness (QED) is 0.649. The molecule has 3 aromatic heterocycles. The average molecular weight is 401 g/mol. The van der Waals surface area contributed by atoms with Gasteiger partial charge in [0.1, 0.15) is 5.82 Å². The number of morpholine rings is 1. The molecule has 1 aliphatic rings. The summed E-state index contributed by atoms with van der Waals surface area (Å²) in [6.45, 7) is 5.81. The number of nitrogens with zero attached hydrogens (tertiary/aromatic N) is 5. The molecule has 0 atom stereocenters. The maximum absolute atomic E-state index is 12.2. The predicted octanol–water partition coefficient (Wildman–Crippen LogP) is 1.62. The maximum atomic E-state index is 12.2. The molecular weight excluding hydrogens is 376 g/mol. The number of amides is 1. The van der Waals surface area contributed by atoms with Crippen LogP contribution in [0.4, 0.5) is 5.82 Å². The van der Waals surface area contributed by atoms with Crippen molar-refractivity contribution < 1.29 is 9.53 Å². The molecule has 28 heavy (non-hydrogen) atoms. The van der Waals surface area contributed by atoms with E-state index in [0.29, 0.717) is 44.1 Å². The van der Waals surface area contributed by atoms with Gasteiger partial charge in [0.05, 0.1) is 13.2 Å². The molecule has 4 rings (SSSR count). The van der Waals surface area contributed by atoms with Crippen LogP contribution < -0.4 is 10.2 Å². The van der Waals surface area contributed by atoms with Gasteiger partial charge in [-0.3, -0.25) is 4.79 Å². The summed E-state index contributed by atoms with van der Waals surface area (Å²) in [5.74, 6) is 1.61. The summed E-state index contributed by atoms with van der Waals surface area (Å²) < 4.78 is 7.14. The fourth-order valence-electron chi connectivity index (χ4n) is 3.23. The Bertz CT molecular complexity index is 947. The lowest BCUT2D eigenvalue weighted by Gasteiger charge is -2.27. The summed E-state index contributed by atoms with van der Waals surface area (Å²) in [6.07, 6.45) is 1.74. The second-order valence-electron chi connectivity index (χ2n) is 6.80. The fraction of sp³-hybridized carbons (Fsp3) is 0.474. The molecule has 0 aliphatic carbocycles. The summed E-state index contributed by atoms with van der Waals surface area (Å²) in [4.78, 5) is 15.7. The zero-order valence-corrected chi connectivity index (χ0v) is 16.7. The van der Waals surface area contributed by atoms with Gasteiger partial charge in [0, 0.05) is 37.4 Å². The van der Waals surface area contributed by atoms with Gasteiger partial charge in [0.15, 0.2) is 11.5 Å². The van der Waals surface area contributed by atoms with E-state index in [1.807, 2.05) is 12.1 Å². The number of thiophene rings is 1. The number of aromatic nitrogens is 4. The van der Waals surface area contributed by atoms with E-state index in [-0.39, 0.29) is 5.91 Å². The van der Waals surface area contributed by atoms with Crippen LogP contribution in [0.3, 0.4) is 0 Å². The lowest BCUT2D eigenvalue weighted by Crippen LogP contribution is -2.37. The monoisotopic (exact) mass is 400 g/mol. The van der Waals surface area contributed by atoms with Crippen LogP contribution in [0.25, 0.3) is 5.65 Å². The van der Waals surface area contributed by atoms with E-state index >= 15 is 0 Å². The largest absolute Gasteiger partial charge is 0.378 e. The van der Waals surface area contributed by atoms with E-state index in [9.17, 15) is 4.79 Å². The number of hydrogen-bond donors (Lipinski definition) is 1. The number of hydrogen-bond acceptors (Lipinski definition) is 7. The van der Waals surface area contributed by atoms with E-state index < -0.39 is 0 Å². The molecule has 0 spiro atoms. The fourth-order valence-corrected chi connectivity index (χ4v) is 4.14. The molecule has 3 aromatic rings. The van der Waals surface area contributed by atoms with Crippen molar-refractivity contribution in [1.82, 2.24) is 25.1 Å². The van der Waals surface area contributed by atoms with Crippen molar-refractivity contribution in [2.24, 2.45) is 0 Å². The van der Waals surface area contributed by atoms with E-state index in [0.717, 1.165) is 25.3 Å². The number of carbonyl (C=O) groups excluding carboxylic acids is 1. The zero-order valence-electron chi connectivity index (χ0n) is 15.9. The van der Waals surface area contributed by atoms with Crippen molar-refractivity contribution in [3.05, 3.63) is 39.8 Å². The average Bonchev–Trinajstić information content (AvgIpc) is 3.32. The highest BCUT2D eigenvalue weighted by Gasteiger charge is 2.15. The van der Waals surface area contributed by atoms with Gasteiger partial charge in [-0.05, 0) is 42.5 Å². The topological polar surface area (TPSA) is 84.7 Å². The van der Waals surface area contributed by atoms with Crippen LogP contribution in [0.15, 0.2) is 23.6 Å². The highest BCUT2D eigenvalue weighted by molar-refractivity contribution is 7.10. The van der Waals surface area contributed by atoms with Crippen molar-refractivity contribution in [2.45, 2.75) is 26.2 Å². The van der Waals surface area contributed by atoms with Crippen LogP contribution in [-0.4, -0.2) is 58.6 Å². The van der Waals surface area contributed by atoms with E-state index in [1.54, 1.807) is 15.9 Å². The Morgan fingerprint density at radius 3 is 2.86 bits per heavy atom. The van der Waals surface area contributed by atoms with Gasteiger partial charge in [-0.1, -0.05) is 0 Å². The van der Waals surface area contributed by atoms with Crippen LogP contribution in [0.2, 0.25) is 0 Å². The summed E-state index contributed by atoms with van der Waals surface area (Å²) in [6, 6.07) is 5.98. The molecule has 1 saturated heterocycles. The Balaban J connectivity index is 1.33. The predicted molar refractivity (Wildman–Crippen MR) is 108 cm³/mol. The molecule has 9 heteroatoms. The molecule has 1 aliphatic heterocycles. The van der Waals surface area contributed by atoms with Crippen molar-refractivity contribution in [1.29, 1.82) is 0 Å². The normalized spacial score (nSPS) is 14.5. The first-order valence-corrected chi connectivity index (χ1v) is 10.4. The van der Waals surface area contributed by atoms with Crippen LogP contribution in [0.1, 0.15) is 22.7 Å². The first kappa shape index (κ1) is 18.8. The van der Waals surface area contributed by atoms with Crippen LogP contribution in [0, 0.1) is 6.92 Å². The SMILES string of the molecule is Cc1ccsc1CCNC(=O)CCc1nnc2ccc(N3CCOCC3)nn12. The number of aryl methyl sites for hydroxylation is 2. The molecule has 1 amide bonds. The lowest BCUT2D eigenvalue weighted by molar-refractivity contribution is -0.121. The van der Waals surface area contributed by atoms with Gasteiger partial charge in [0.2, 0.25) is 5.91 Å². The van der Waals surface area contributed by atoms with E-state index in [1.165, 1.54) is 10.4 Å². The van der Waals surface area contributed by atoms with Crippen molar-refractivity contribution >= 4 is 28.7 Å². The number of fused-ring (bicyclic) bond motifs is 1. The maximum Gasteiger partial charge on any atom is 0.220 e. The summed E-state index contributed by atoms with van der Waals surface area (Å²) in [5, 5.41) is 18.1. The Morgan fingerprint density at radius 2 is 2.07 bits per heavy atom. The molecular formula is C19H24N6O2S. The second-order valence-corrected chi connectivity index (χ2v) is 7.80. The molecule has 0 unspecified atom stereocenters. The van der Waals surface area contributed by atoms with E-state index in [2.05, 4.69) is 43.9 Å². The molecule has 148 valence electrons. The smallest absolute Gasteiger partial charge is 0.220 e. The Kier molecular flexibility index (Phi) is 5.82. The molecule has 1 fully saturated rings. The third-order valence-corrected chi connectivity index (χ3v) is 5.95. The van der Waals surface area contributed by atoms with Gasteiger partial charge in [-0.15, -0.1) is 26.6 Å². The number of anilines is 1. The Labute approximate surface area is 167 Å². The highest BCUT2D eigenvalue weighted by Crippen LogP contribution is 2.16. The Morgan fingerprint density at radius 1 is 1.21 bits per heavy atom. The number of carbonyl (C=O) groups is 1. The van der Waals surface area contributed by atoms with Crippen molar-refractivity contribution in [3.8, 4) is 0 Å². The van der Waals surface area contributed by atoms with Gasteiger partial charge < -0.3 is 15.0 Å². The van der Waals surface area contributed by atoms with Crippen LogP contribution >= 0.6 is 11.3 Å². The van der Waals surface area contributed by atoms with Gasteiger partial charge in [-0.2, -0.15) is 4.52 Å². The van der Waals surface area contributed by atoms with Gasteiger partial charge in [-0.25, -0.2) is 0 Å². The van der Waals surface area contributed by atoms with Crippen LogP contribution in [-0.2, 0) is 22.4 Å². The summed E-state index contributed by atoms with van der Waals surface area (Å²) in [5.41, 5.74) is 1.98. The lowest BCUT2D eigenvalue weighted by atomic mass is 10.2. The standard InChI is InChI=1S/C19H24N6O2S/c1-14-7-13-28-15(14)6-8-20-19(26)5-4-17-22-21-16-2-3-18(23-25(16)17)24-9-11-27-12-10-24/h2-3,7,13H,4-6,8-12H2,1H3,(H,20,26). The molecule has 0 bridgehead atoms. The number of rotatable bonds is 7.